The van der Waals surface area contributed by atoms with Crippen LogP contribution in [-0.2, 0) is 6.42 Å². The summed E-state index contributed by atoms with van der Waals surface area (Å²) < 4.78 is 11.4. The highest BCUT2D eigenvalue weighted by molar-refractivity contribution is 6.20. The highest BCUT2D eigenvalue weighted by atomic mass is 35.5. The molecule has 0 unspecified atom stereocenters. The van der Waals surface area contributed by atoms with Gasteiger partial charge in [-0.15, -0.1) is 11.6 Å². The van der Waals surface area contributed by atoms with Gasteiger partial charge >= 0.3 is 5.97 Å². The third-order valence-corrected chi connectivity index (χ3v) is 5.15. The van der Waals surface area contributed by atoms with E-state index in [1.807, 2.05) is 86.6 Å². The zero-order valence-corrected chi connectivity index (χ0v) is 19.1. The summed E-state index contributed by atoms with van der Waals surface area (Å²) >= 11 is 6.03. The fourth-order valence-corrected chi connectivity index (χ4v) is 3.69. The quantitative estimate of drug-likeness (QED) is 0.200. The molecule has 3 aromatic rings. The summed E-state index contributed by atoms with van der Waals surface area (Å²) in [5.41, 5.74) is 3.88. The first-order chi connectivity index (χ1) is 14.9. The Kier molecular flexibility index (Phi) is 8.13. The molecule has 0 aliphatic heterocycles. The zero-order chi connectivity index (χ0) is 22.2. The number of alkyl halides is 1. The summed E-state index contributed by atoms with van der Waals surface area (Å²) in [6, 6.07) is 23.1. The van der Waals surface area contributed by atoms with E-state index in [0.717, 1.165) is 36.1 Å². The zero-order valence-electron chi connectivity index (χ0n) is 18.3. The Morgan fingerprint density at radius 1 is 0.839 bits per heavy atom. The molecule has 0 N–H and O–H groups in total. The molecule has 0 fully saturated rings. The van der Waals surface area contributed by atoms with Crippen LogP contribution >= 0.6 is 11.6 Å². The molecular formula is C27H29ClO3. The number of rotatable bonds is 9. The maximum atomic E-state index is 12.4. The van der Waals surface area contributed by atoms with Crippen molar-refractivity contribution in [2.24, 2.45) is 0 Å². The molecule has 3 aromatic carbocycles. The van der Waals surface area contributed by atoms with Gasteiger partial charge in [0.2, 0.25) is 0 Å². The number of carbonyl (C=O) groups excluding carboxylic acids is 1. The van der Waals surface area contributed by atoms with Gasteiger partial charge in [0.25, 0.3) is 0 Å². The number of hydrogen-bond donors (Lipinski definition) is 0. The van der Waals surface area contributed by atoms with Gasteiger partial charge in [-0.3, -0.25) is 0 Å². The molecule has 0 radical (unpaired) electrons. The van der Waals surface area contributed by atoms with Crippen molar-refractivity contribution in [3.63, 3.8) is 0 Å². The van der Waals surface area contributed by atoms with Crippen molar-refractivity contribution >= 4 is 17.6 Å². The van der Waals surface area contributed by atoms with E-state index in [2.05, 4.69) is 6.92 Å². The monoisotopic (exact) mass is 436 g/mol. The predicted molar refractivity (Wildman–Crippen MR) is 127 cm³/mol. The molecule has 3 nitrogen and oxygen atoms in total. The van der Waals surface area contributed by atoms with Gasteiger partial charge in [-0.25, -0.2) is 4.79 Å². The third-order valence-electron chi connectivity index (χ3n) is 4.97. The second-order valence-corrected chi connectivity index (χ2v) is 8.58. The van der Waals surface area contributed by atoms with Gasteiger partial charge in [0.1, 0.15) is 11.5 Å². The topological polar surface area (TPSA) is 35.5 Å². The summed E-state index contributed by atoms with van der Waals surface area (Å²) in [6.07, 6.45) is 2.95. The molecule has 0 saturated heterocycles. The standard InChI is InChI=1S/C27H29ClO3/c1-4-5-21-6-8-24(9-7-21)27(29)31-26-16-12-23(13-17-26)22-10-14-25(15-11-22)30-20(3)18-19(2)28/h6-17,19-20H,4-5,18H2,1-3H3/t19-,20-/m0/s1. The van der Waals surface area contributed by atoms with Crippen LogP contribution in [0.25, 0.3) is 11.1 Å². The van der Waals surface area contributed by atoms with Crippen molar-refractivity contribution in [2.75, 3.05) is 0 Å². The minimum atomic E-state index is -0.349. The van der Waals surface area contributed by atoms with Gasteiger partial charge in [-0.05, 0) is 73.4 Å². The minimum absolute atomic E-state index is 0.0650. The second-order valence-electron chi connectivity index (χ2n) is 7.83. The van der Waals surface area contributed by atoms with Gasteiger partial charge in [0.15, 0.2) is 0 Å². The summed E-state index contributed by atoms with van der Waals surface area (Å²) in [4.78, 5) is 12.4. The largest absolute Gasteiger partial charge is 0.491 e. The second kappa shape index (κ2) is 11.0. The first-order valence-electron chi connectivity index (χ1n) is 10.8. The highest BCUT2D eigenvalue weighted by Crippen LogP contribution is 2.26. The van der Waals surface area contributed by atoms with E-state index in [1.54, 1.807) is 0 Å². The van der Waals surface area contributed by atoms with E-state index in [0.29, 0.717) is 11.3 Å². The van der Waals surface area contributed by atoms with E-state index < -0.39 is 0 Å². The fraction of sp³-hybridized carbons (Fsp3) is 0.296. The van der Waals surface area contributed by atoms with Crippen LogP contribution in [-0.4, -0.2) is 17.5 Å². The summed E-state index contributed by atoms with van der Waals surface area (Å²) in [5, 5.41) is 0.0855. The smallest absolute Gasteiger partial charge is 0.343 e. The van der Waals surface area contributed by atoms with Crippen LogP contribution in [0.2, 0.25) is 0 Å². The third kappa shape index (κ3) is 6.86. The van der Waals surface area contributed by atoms with Crippen LogP contribution in [0.15, 0.2) is 72.8 Å². The lowest BCUT2D eigenvalue weighted by molar-refractivity contribution is 0.0734. The Labute approximate surface area is 190 Å². The van der Waals surface area contributed by atoms with Gasteiger partial charge in [-0.1, -0.05) is 49.7 Å². The molecule has 0 heterocycles. The fourth-order valence-electron chi connectivity index (χ4n) is 3.44. The molecule has 0 aliphatic carbocycles. The Hall–Kier alpha value is -2.78. The average molecular weight is 437 g/mol. The van der Waals surface area contributed by atoms with Gasteiger partial charge in [0, 0.05) is 11.8 Å². The Morgan fingerprint density at radius 3 is 1.90 bits per heavy atom. The Morgan fingerprint density at radius 2 is 1.39 bits per heavy atom. The van der Waals surface area contributed by atoms with Crippen LogP contribution in [0.1, 0.15) is 49.5 Å². The van der Waals surface area contributed by atoms with Gasteiger partial charge in [0.05, 0.1) is 11.7 Å². The summed E-state index contributed by atoms with van der Waals surface area (Å²) in [7, 11) is 0. The molecule has 0 bridgehead atoms. The Bertz CT molecular complexity index is 961. The van der Waals surface area contributed by atoms with E-state index in [4.69, 9.17) is 21.1 Å². The Balaban J connectivity index is 1.60. The van der Waals surface area contributed by atoms with Crippen LogP contribution in [0.3, 0.4) is 0 Å². The normalized spacial score (nSPS) is 12.8. The number of carbonyl (C=O) groups is 1. The predicted octanol–water partition coefficient (Wildman–Crippen LogP) is 7.31. The van der Waals surface area contributed by atoms with Crippen LogP contribution in [0.4, 0.5) is 0 Å². The molecule has 3 rings (SSSR count). The molecule has 0 spiro atoms. The first-order valence-corrected chi connectivity index (χ1v) is 11.2. The van der Waals surface area contributed by atoms with Crippen molar-refractivity contribution in [2.45, 2.75) is 51.5 Å². The number of esters is 1. The van der Waals surface area contributed by atoms with E-state index in [1.165, 1.54) is 5.56 Å². The molecule has 162 valence electrons. The summed E-state index contributed by atoms with van der Waals surface area (Å²) in [5.74, 6) is 0.997. The van der Waals surface area contributed by atoms with Crippen molar-refractivity contribution in [1.82, 2.24) is 0 Å². The van der Waals surface area contributed by atoms with E-state index >= 15 is 0 Å². The summed E-state index contributed by atoms with van der Waals surface area (Å²) in [6.45, 7) is 6.12. The molecule has 31 heavy (non-hydrogen) atoms. The van der Waals surface area contributed by atoms with Crippen LogP contribution < -0.4 is 9.47 Å². The number of halogens is 1. The average Bonchev–Trinajstić information content (AvgIpc) is 2.75. The lowest BCUT2D eigenvalue weighted by atomic mass is 10.1. The molecule has 4 heteroatoms. The number of benzene rings is 3. The van der Waals surface area contributed by atoms with Crippen LogP contribution in [0, 0.1) is 0 Å². The maximum absolute atomic E-state index is 12.4. The minimum Gasteiger partial charge on any atom is -0.491 e. The molecule has 0 aliphatic rings. The number of ether oxygens (including phenoxy) is 2. The lowest BCUT2D eigenvalue weighted by Crippen LogP contribution is -2.15. The SMILES string of the molecule is CCCc1ccc(C(=O)Oc2ccc(-c3ccc(O[C@@H](C)C[C@H](C)Cl)cc3)cc2)cc1. The van der Waals surface area contributed by atoms with Crippen molar-refractivity contribution in [1.29, 1.82) is 0 Å². The highest BCUT2D eigenvalue weighted by Gasteiger charge is 2.10. The molecular weight excluding hydrogens is 408 g/mol. The van der Waals surface area contributed by atoms with Crippen molar-refractivity contribution in [3.8, 4) is 22.6 Å². The van der Waals surface area contributed by atoms with Gasteiger partial charge < -0.3 is 9.47 Å². The maximum Gasteiger partial charge on any atom is 0.343 e. The van der Waals surface area contributed by atoms with Crippen molar-refractivity contribution in [3.05, 3.63) is 83.9 Å². The van der Waals surface area contributed by atoms with Crippen LogP contribution in [0.5, 0.6) is 11.5 Å². The van der Waals surface area contributed by atoms with E-state index in [9.17, 15) is 4.79 Å². The molecule has 0 saturated carbocycles. The molecule has 2 atom stereocenters. The number of hydrogen-bond acceptors (Lipinski definition) is 3. The molecule has 0 amide bonds. The lowest BCUT2D eigenvalue weighted by Gasteiger charge is -2.16. The van der Waals surface area contributed by atoms with Crippen molar-refractivity contribution < 1.29 is 14.3 Å². The number of aryl methyl sites for hydroxylation is 1. The first kappa shape index (κ1) is 22.9. The van der Waals surface area contributed by atoms with Gasteiger partial charge in [-0.2, -0.15) is 0 Å². The van der Waals surface area contributed by atoms with E-state index in [-0.39, 0.29) is 17.5 Å². The molecule has 0 aromatic heterocycles.